The first kappa shape index (κ1) is 20.5. The molecule has 1 aliphatic heterocycles. The number of hydrogen-bond acceptors (Lipinski definition) is 4. The van der Waals surface area contributed by atoms with Gasteiger partial charge in [0.15, 0.2) is 0 Å². The van der Waals surface area contributed by atoms with Gasteiger partial charge in [-0.2, -0.15) is 13.2 Å². The molecular weight excluding hydrogens is 393 g/mol. The highest BCUT2D eigenvalue weighted by molar-refractivity contribution is 7.89. The summed E-state index contributed by atoms with van der Waals surface area (Å²) in [6, 6.07) is 10.8. The van der Waals surface area contributed by atoms with Crippen LogP contribution in [0.3, 0.4) is 0 Å². The Labute approximate surface area is 162 Å². The highest BCUT2D eigenvalue weighted by Gasteiger charge is 2.38. The zero-order chi connectivity index (χ0) is 20.7. The van der Waals surface area contributed by atoms with Crippen molar-refractivity contribution < 1.29 is 26.3 Å². The molecule has 28 heavy (non-hydrogen) atoms. The van der Waals surface area contributed by atoms with Crippen molar-refractivity contribution >= 4 is 15.7 Å². The lowest BCUT2D eigenvalue weighted by atomic mass is 9.97. The third-order valence-electron chi connectivity index (χ3n) is 5.07. The average molecular weight is 414 g/mol. The first-order valence-electron chi connectivity index (χ1n) is 8.65. The Morgan fingerprint density at radius 1 is 1.14 bits per heavy atom. The largest absolute Gasteiger partial charge is 0.497 e. The molecule has 1 heterocycles. The Morgan fingerprint density at radius 2 is 1.79 bits per heavy atom. The van der Waals surface area contributed by atoms with E-state index < -0.39 is 26.7 Å². The molecule has 152 valence electrons. The lowest BCUT2D eigenvalue weighted by Gasteiger charge is -2.25. The summed E-state index contributed by atoms with van der Waals surface area (Å²) in [5.41, 5.74) is 0.156. The van der Waals surface area contributed by atoms with Crippen LogP contribution in [0, 0.1) is 0 Å². The molecule has 9 heteroatoms. The fraction of sp³-hybridized carbons (Fsp3) is 0.368. The molecule has 1 fully saturated rings. The number of ether oxygens (including phenoxy) is 1. The predicted octanol–water partition coefficient (Wildman–Crippen LogP) is 3.74. The molecule has 2 aromatic rings. The number of primary sulfonamides is 1. The lowest BCUT2D eigenvalue weighted by molar-refractivity contribution is -0.139. The third kappa shape index (κ3) is 4.10. The molecule has 0 amide bonds. The zero-order valence-electron chi connectivity index (χ0n) is 15.4. The monoisotopic (exact) mass is 414 g/mol. The SMILES string of the molecule is COc1ccc(C2CC(C)N(c3ccc(S(N)(=O)=O)c(C(F)(F)F)c3)C2)cc1. The topological polar surface area (TPSA) is 72.6 Å². The Bertz CT molecular complexity index is 959. The first-order chi connectivity index (χ1) is 13.0. The molecule has 0 aromatic heterocycles. The van der Waals surface area contributed by atoms with Crippen LogP contribution in [0.15, 0.2) is 47.4 Å². The van der Waals surface area contributed by atoms with Gasteiger partial charge in [0.05, 0.1) is 17.6 Å². The van der Waals surface area contributed by atoms with Crippen LogP contribution in [0.4, 0.5) is 18.9 Å². The maximum atomic E-state index is 13.4. The van der Waals surface area contributed by atoms with Crippen LogP contribution in [-0.2, 0) is 16.2 Å². The van der Waals surface area contributed by atoms with Crippen molar-refractivity contribution in [2.24, 2.45) is 5.14 Å². The third-order valence-corrected chi connectivity index (χ3v) is 6.04. The van der Waals surface area contributed by atoms with Gasteiger partial charge >= 0.3 is 6.18 Å². The number of alkyl halides is 3. The summed E-state index contributed by atoms with van der Waals surface area (Å²) in [5.74, 6) is 0.883. The van der Waals surface area contributed by atoms with Crippen molar-refractivity contribution in [3.05, 3.63) is 53.6 Å². The summed E-state index contributed by atoms with van der Waals surface area (Å²) in [6.45, 7) is 2.46. The van der Waals surface area contributed by atoms with Crippen molar-refractivity contribution in [1.29, 1.82) is 0 Å². The van der Waals surface area contributed by atoms with Gasteiger partial charge in [-0.15, -0.1) is 0 Å². The molecule has 3 rings (SSSR count). The molecule has 2 aromatic carbocycles. The van der Waals surface area contributed by atoms with Gasteiger partial charge in [0.25, 0.3) is 0 Å². The van der Waals surface area contributed by atoms with Crippen LogP contribution in [0.5, 0.6) is 5.75 Å². The van der Waals surface area contributed by atoms with Crippen molar-refractivity contribution in [3.8, 4) is 5.75 Å². The molecule has 0 bridgehead atoms. The molecule has 0 spiro atoms. The van der Waals surface area contributed by atoms with Crippen LogP contribution in [0.2, 0.25) is 0 Å². The van der Waals surface area contributed by atoms with Gasteiger partial charge in [-0.25, -0.2) is 13.6 Å². The van der Waals surface area contributed by atoms with E-state index in [0.29, 0.717) is 12.2 Å². The van der Waals surface area contributed by atoms with Gasteiger partial charge in [-0.05, 0) is 49.2 Å². The number of methoxy groups -OCH3 is 1. The second-order valence-corrected chi connectivity index (χ2v) is 8.46. The summed E-state index contributed by atoms with van der Waals surface area (Å²) in [4.78, 5) is 0.944. The fourth-order valence-electron chi connectivity index (χ4n) is 3.67. The average Bonchev–Trinajstić information content (AvgIpc) is 3.01. The van der Waals surface area contributed by atoms with Crippen molar-refractivity contribution in [2.45, 2.75) is 36.4 Å². The van der Waals surface area contributed by atoms with E-state index in [1.165, 1.54) is 6.07 Å². The van der Waals surface area contributed by atoms with Crippen molar-refractivity contribution in [3.63, 3.8) is 0 Å². The summed E-state index contributed by atoms with van der Waals surface area (Å²) >= 11 is 0. The van der Waals surface area contributed by atoms with Gasteiger partial charge in [0, 0.05) is 24.2 Å². The van der Waals surface area contributed by atoms with E-state index in [2.05, 4.69) is 0 Å². The lowest BCUT2D eigenvalue weighted by Crippen LogP contribution is -2.27. The summed E-state index contributed by atoms with van der Waals surface area (Å²) < 4.78 is 68.4. The number of hydrogen-bond donors (Lipinski definition) is 1. The number of halogens is 3. The van der Waals surface area contributed by atoms with Gasteiger partial charge in [-0.1, -0.05) is 12.1 Å². The molecule has 2 atom stereocenters. The minimum absolute atomic E-state index is 0.00600. The van der Waals surface area contributed by atoms with E-state index in [-0.39, 0.29) is 12.0 Å². The molecule has 2 N–H and O–H groups in total. The highest BCUT2D eigenvalue weighted by Crippen LogP contribution is 2.40. The zero-order valence-corrected chi connectivity index (χ0v) is 16.2. The summed E-state index contributed by atoms with van der Waals surface area (Å²) in [7, 11) is -2.90. The van der Waals surface area contributed by atoms with Gasteiger partial charge in [-0.3, -0.25) is 0 Å². The smallest absolute Gasteiger partial charge is 0.417 e. The quantitative estimate of drug-likeness (QED) is 0.827. The van der Waals surface area contributed by atoms with E-state index in [1.54, 1.807) is 7.11 Å². The van der Waals surface area contributed by atoms with Crippen LogP contribution < -0.4 is 14.8 Å². The van der Waals surface area contributed by atoms with Crippen LogP contribution in [0.25, 0.3) is 0 Å². The first-order valence-corrected chi connectivity index (χ1v) is 10.2. The highest BCUT2D eigenvalue weighted by atomic mass is 32.2. The number of nitrogens with zero attached hydrogens (tertiary/aromatic N) is 1. The molecule has 0 radical (unpaired) electrons. The van der Waals surface area contributed by atoms with Crippen LogP contribution in [-0.4, -0.2) is 28.1 Å². The molecule has 1 saturated heterocycles. The summed E-state index contributed by atoms with van der Waals surface area (Å²) in [6.07, 6.45) is -4.05. The molecule has 5 nitrogen and oxygen atoms in total. The number of anilines is 1. The van der Waals surface area contributed by atoms with Gasteiger partial charge in [0.1, 0.15) is 5.75 Å². The molecular formula is C19H21F3N2O3S. The maximum absolute atomic E-state index is 13.4. The van der Waals surface area contributed by atoms with Gasteiger partial charge < -0.3 is 9.64 Å². The molecule has 2 unspecified atom stereocenters. The Hall–Kier alpha value is -2.26. The van der Waals surface area contributed by atoms with Crippen molar-refractivity contribution in [1.82, 2.24) is 0 Å². The normalized spacial score (nSPS) is 20.4. The van der Waals surface area contributed by atoms with Crippen LogP contribution >= 0.6 is 0 Å². The molecule has 0 saturated carbocycles. The standard InChI is InChI=1S/C19H21F3N2O3S/c1-12-9-14(13-3-6-16(27-2)7-4-13)11-24(12)15-5-8-18(28(23,25)26)17(10-15)19(20,21)22/h3-8,10,12,14H,9,11H2,1-2H3,(H2,23,25,26). The number of sulfonamides is 1. The number of benzene rings is 2. The Morgan fingerprint density at radius 3 is 2.32 bits per heavy atom. The fourth-order valence-corrected chi connectivity index (χ4v) is 4.41. The van der Waals surface area contributed by atoms with Crippen molar-refractivity contribution in [2.75, 3.05) is 18.6 Å². The molecule has 0 aliphatic carbocycles. The summed E-state index contributed by atoms with van der Waals surface area (Å²) in [5, 5.41) is 4.96. The van der Waals surface area contributed by atoms with Crippen LogP contribution in [0.1, 0.15) is 30.4 Å². The number of nitrogens with two attached hydrogens (primary N) is 1. The second-order valence-electron chi connectivity index (χ2n) is 6.93. The minimum Gasteiger partial charge on any atom is -0.497 e. The van der Waals surface area contributed by atoms with Gasteiger partial charge in [0.2, 0.25) is 10.0 Å². The predicted molar refractivity (Wildman–Crippen MR) is 100.0 cm³/mol. The Balaban J connectivity index is 1.92. The van der Waals surface area contributed by atoms with E-state index in [0.717, 1.165) is 29.9 Å². The van der Waals surface area contributed by atoms with E-state index in [9.17, 15) is 21.6 Å². The Kier molecular flexibility index (Phi) is 5.33. The maximum Gasteiger partial charge on any atom is 0.417 e. The van der Waals surface area contributed by atoms with E-state index >= 15 is 0 Å². The van der Waals surface area contributed by atoms with E-state index in [4.69, 9.17) is 9.88 Å². The molecule has 1 aliphatic rings. The minimum atomic E-state index is -4.82. The number of rotatable bonds is 4. The van der Waals surface area contributed by atoms with E-state index in [1.807, 2.05) is 36.1 Å². The second kappa shape index (κ2) is 7.29.